The quantitative estimate of drug-likeness (QED) is 0.574. The Labute approximate surface area is 173 Å². The van der Waals surface area contributed by atoms with Gasteiger partial charge in [0.1, 0.15) is 5.69 Å². The lowest BCUT2D eigenvalue weighted by Crippen LogP contribution is -2.13. The van der Waals surface area contributed by atoms with Gasteiger partial charge in [0.25, 0.3) is 0 Å². The molecular formula is C20H23N3O4S2. The number of aromatic nitrogens is 3. The van der Waals surface area contributed by atoms with Crippen molar-refractivity contribution < 1.29 is 17.9 Å². The first-order valence-electron chi connectivity index (χ1n) is 9.50. The van der Waals surface area contributed by atoms with Crippen molar-refractivity contribution in [3.63, 3.8) is 0 Å². The van der Waals surface area contributed by atoms with E-state index in [1.165, 1.54) is 7.11 Å². The Balaban J connectivity index is 1.89. The molecule has 7 nitrogen and oxygen atoms in total. The Morgan fingerprint density at radius 1 is 1.38 bits per heavy atom. The second kappa shape index (κ2) is 7.53. The largest absolute Gasteiger partial charge is 0.469 e. The average Bonchev–Trinajstić information content (AvgIpc) is 3.39. The molecule has 0 saturated carbocycles. The van der Waals surface area contributed by atoms with E-state index in [4.69, 9.17) is 14.8 Å². The van der Waals surface area contributed by atoms with E-state index < -0.39 is 9.84 Å². The summed E-state index contributed by atoms with van der Waals surface area (Å²) >= 11 is 1.59. The van der Waals surface area contributed by atoms with Crippen LogP contribution in [0.2, 0.25) is 0 Å². The molecule has 4 heterocycles. The summed E-state index contributed by atoms with van der Waals surface area (Å²) < 4.78 is 30.7. The Hall–Kier alpha value is -2.26. The number of carbonyl (C=O) groups is 1. The number of nitrogens with zero attached hydrogens (tertiary/aromatic N) is 3. The molecule has 1 atom stereocenters. The topological polar surface area (TPSA) is 91.2 Å². The minimum atomic E-state index is -3.04. The summed E-state index contributed by atoms with van der Waals surface area (Å²) in [5.74, 6) is 0.0225. The molecule has 0 amide bonds. The molecule has 0 bridgehead atoms. The highest BCUT2D eigenvalue weighted by atomic mass is 32.2. The van der Waals surface area contributed by atoms with E-state index in [1.54, 1.807) is 16.0 Å². The number of sulfone groups is 1. The van der Waals surface area contributed by atoms with E-state index in [1.807, 2.05) is 31.4 Å². The van der Waals surface area contributed by atoms with Crippen molar-refractivity contribution in [2.24, 2.45) is 0 Å². The normalized spacial score (nSPS) is 18.4. The van der Waals surface area contributed by atoms with Crippen LogP contribution in [0.1, 0.15) is 35.7 Å². The Bertz CT molecular complexity index is 1180. The maximum atomic E-state index is 12.0. The summed E-state index contributed by atoms with van der Waals surface area (Å²) in [4.78, 5) is 17.5. The molecule has 29 heavy (non-hydrogen) atoms. The molecule has 1 saturated heterocycles. The van der Waals surface area contributed by atoms with E-state index in [9.17, 15) is 13.2 Å². The van der Waals surface area contributed by atoms with Crippen LogP contribution in [0.25, 0.3) is 21.6 Å². The first kappa shape index (κ1) is 20.0. The maximum Gasteiger partial charge on any atom is 0.305 e. The fraction of sp³-hybridized carbons (Fsp3) is 0.450. The summed E-state index contributed by atoms with van der Waals surface area (Å²) in [6, 6.07) is 3.78. The van der Waals surface area contributed by atoms with Crippen LogP contribution in [0.5, 0.6) is 0 Å². The summed E-state index contributed by atoms with van der Waals surface area (Å²) in [5, 5.41) is 7.77. The molecule has 154 valence electrons. The van der Waals surface area contributed by atoms with Gasteiger partial charge in [0.15, 0.2) is 15.5 Å². The van der Waals surface area contributed by atoms with Crippen LogP contribution in [0, 0.1) is 13.8 Å². The van der Waals surface area contributed by atoms with Crippen molar-refractivity contribution in [1.29, 1.82) is 0 Å². The molecule has 3 aromatic heterocycles. The molecule has 0 unspecified atom stereocenters. The lowest BCUT2D eigenvalue weighted by atomic mass is 9.99. The van der Waals surface area contributed by atoms with E-state index in [-0.39, 0.29) is 29.9 Å². The number of esters is 1. The monoisotopic (exact) mass is 433 g/mol. The van der Waals surface area contributed by atoms with Gasteiger partial charge < -0.3 is 4.74 Å². The third kappa shape index (κ3) is 3.69. The van der Waals surface area contributed by atoms with E-state index in [0.717, 1.165) is 32.8 Å². The maximum absolute atomic E-state index is 12.0. The summed E-state index contributed by atoms with van der Waals surface area (Å²) in [7, 11) is -1.66. The molecule has 4 rings (SSSR count). The molecule has 0 radical (unpaired) electrons. The highest BCUT2D eigenvalue weighted by Gasteiger charge is 2.32. The predicted octanol–water partition coefficient (Wildman–Crippen LogP) is 3.24. The molecule has 9 heteroatoms. The SMILES string of the molecule is COC(=O)CCc1c(C)nc2c(c(-c3cccs3)nn2[C@H]2CCS(=O)(=O)C2)c1C. The van der Waals surface area contributed by atoms with Gasteiger partial charge >= 0.3 is 5.97 Å². The number of rotatable bonds is 5. The number of fused-ring (bicyclic) bond motifs is 1. The molecule has 3 aromatic rings. The van der Waals surface area contributed by atoms with E-state index in [0.29, 0.717) is 18.5 Å². The van der Waals surface area contributed by atoms with Gasteiger partial charge in [-0.05, 0) is 49.3 Å². The average molecular weight is 434 g/mol. The first-order valence-corrected chi connectivity index (χ1v) is 12.2. The molecule has 1 aliphatic rings. The molecule has 0 spiro atoms. The molecule has 1 aliphatic heterocycles. The summed E-state index contributed by atoms with van der Waals surface area (Å²) in [6.07, 6.45) is 1.38. The number of thiophene rings is 1. The third-order valence-electron chi connectivity index (χ3n) is 5.54. The lowest BCUT2D eigenvalue weighted by molar-refractivity contribution is -0.140. The molecule has 0 aromatic carbocycles. The van der Waals surface area contributed by atoms with Crippen LogP contribution in [0.15, 0.2) is 17.5 Å². The standard InChI is InChI=1S/C20H23N3O4S2/c1-12-15(6-7-17(24)27-3)13(2)21-20-18(12)19(16-5-4-9-28-16)22-23(20)14-8-10-29(25,26)11-14/h4-5,9,14H,6-8,10-11H2,1-3H3/t14-/m0/s1. The Morgan fingerprint density at radius 2 is 2.17 bits per heavy atom. The number of hydrogen-bond acceptors (Lipinski definition) is 7. The Morgan fingerprint density at radius 3 is 2.79 bits per heavy atom. The van der Waals surface area contributed by atoms with Gasteiger partial charge in [0.2, 0.25) is 0 Å². The van der Waals surface area contributed by atoms with Crippen molar-refractivity contribution in [2.75, 3.05) is 18.6 Å². The van der Waals surface area contributed by atoms with Gasteiger partial charge in [-0.2, -0.15) is 5.10 Å². The third-order valence-corrected chi connectivity index (χ3v) is 8.17. The van der Waals surface area contributed by atoms with Crippen molar-refractivity contribution in [2.45, 2.75) is 39.2 Å². The smallest absolute Gasteiger partial charge is 0.305 e. The van der Waals surface area contributed by atoms with Gasteiger partial charge in [0.05, 0.1) is 34.9 Å². The van der Waals surface area contributed by atoms with E-state index >= 15 is 0 Å². The first-order chi connectivity index (χ1) is 13.8. The lowest BCUT2D eigenvalue weighted by Gasteiger charge is -2.13. The van der Waals surface area contributed by atoms with Crippen LogP contribution >= 0.6 is 11.3 Å². The van der Waals surface area contributed by atoms with Crippen molar-refractivity contribution in [3.8, 4) is 10.6 Å². The van der Waals surface area contributed by atoms with Crippen LogP contribution in [0.3, 0.4) is 0 Å². The number of pyridine rings is 1. The van der Waals surface area contributed by atoms with E-state index in [2.05, 4.69) is 0 Å². The van der Waals surface area contributed by atoms with Crippen LogP contribution in [0.4, 0.5) is 0 Å². The van der Waals surface area contributed by atoms with Gasteiger partial charge in [-0.1, -0.05) is 6.07 Å². The summed E-state index contributed by atoms with van der Waals surface area (Å²) in [5.41, 5.74) is 4.42. The minimum Gasteiger partial charge on any atom is -0.469 e. The zero-order chi connectivity index (χ0) is 20.8. The molecule has 0 N–H and O–H groups in total. The number of methoxy groups -OCH3 is 1. The van der Waals surface area contributed by atoms with Gasteiger partial charge in [0, 0.05) is 12.1 Å². The summed E-state index contributed by atoms with van der Waals surface area (Å²) in [6.45, 7) is 3.95. The number of carbonyl (C=O) groups excluding carboxylic acids is 1. The highest BCUT2D eigenvalue weighted by Crippen LogP contribution is 2.37. The van der Waals surface area contributed by atoms with Crippen LogP contribution in [-0.4, -0.2) is 47.8 Å². The second-order valence-electron chi connectivity index (χ2n) is 7.40. The molecule has 0 aliphatic carbocycles. The zero-order valence-electron chi connectivity index (χ0n) is 16.6. The number of hydrogen-bond donors (Lipinski definition) is 0. The zero-order valence-corrected chi connectivity index (χ0v) is 18.3. The van der Waals surface area contributed by atoms with Gasteiger partial charge in [-0.3, -0.25) is 4.79 Å². The fourth-order valence-electron chi connectivity index (χ4n) is 4.03. The van der Waals surface area contributed by atoms with Gasteiger partial charge in [-0.25, -0.2) is 18.1 Å². The predicted molar refractivity (Wildman–Crippen MR) is 113 cm³/mol. The van der Waals surface area contributed by atoms with Crippen LogP contribution in [-0.2, 0) is 25.8 Å². The molecule has 1 fully saturated rings. The van der Waals surface area contributed by atoms with Crippen molar-refractivity contribution >= 4 is 38.2 Å². The van der Waals surface area contributed by atoms with Gasteiger partial charge in [-0.15, -0.1) is 11.3 Å². The van der Waals surface area contributed by atoms with Crippen LogP contribution < -0.4 is 0 Å². The second-order valence-corrected chi connectivity index (χ2v) is 10.6. The number of ether oxygens (including phenoxy) is 1. The number of aryl methyl sites for hydroxylation is 2. The Kier molecular flexibility index (Phi) is 5.20. The van der Waals surface area contributed by atoms with Crippen molar-refractivity contribution in [3.05, 3.63) is 34.3 Å². The fourth-order valence-corrected chi connectivity index (χ4v) is 6.44. The van der Waals surface area contributed by atoms with Crippen molar-refractivity contribution in [1.82, 2.24) is 14.8 Å². The molecular weight excluding hydrogens is 410 g/mol. The highest BCUT2D eigenvalue weighted by molar-refractivity contribution is 7.91. The minimum absolute atomic E-state index is 0.0948.